The predicted octanol–water partition coefficient (Wildman–Crippen LogP) is 3.29. The van der Waals surface area contributed by atoms with Gasteiger partial charge < -0.3 is 14.2 Å². The third-order valence-corrected chi connectivity index (χ3v) is 3.84. The van der Waals surface area contributed by atoms with E-state index in [9.17, 15) is 4.79 Å². The first-order valence-electron chi connectivity index (χ1n) is 7.43. The summed E-state index contributed by atoms with van der Waals surface area (Å²) < 4.78 is 16.1. The zero-order chi connectivity index (χ0) is 14.1. The Morgan fingerprint density at radius 3 is 2.47 bits per heavy atom. The molecule has 0 atom stereocenters. The van der Waals surface area contributed by atoms with Gasteiger partial charge in [0.1, 0.15) is 13.4 Å². The van der Waals surface area contributed by atoms with Gasteiger partial charge in [0.05, 0.1) is 18.1 Å². The van der Waals surface area contributed by atoms with E-state index in [1.807, 2.05) is 20.8 Å². The Kier molecular flexibility index (Phi) is 7.39. The van der Waals surface area contributed by atoms with Crippen molar-refractivity contribution in [3.05, 3.63) is 0 Å². The van der Waals surface area contributed by atoms with Gasteiger partial charge in [0.25, 0.3) is 0 Å². The first kappa shape index (κ1) is 16.4. The molecule has 0 aliphatic heterocycles. The number of hydrogen-bond acceptors (Lipinski definition) is 4. The van der Waals surface area contributed by atoms with Crippen LogP contribution in [0.3, 0.4) is 0 Å². The fourth-order valence-electron chi connectivity index (χ4n) is 1.97. The summed E-state index contributed by atoms with van der Waals surface area (Å²) in [7, 11) is 0. The van der Waals surface area contributed by atoms with Crippen LogP contribution in [0, 0.1) is 5.41 Å². The molecule has 1 fully saturated rings. The summed E-state index contributed by atoms with van der Waals surface area (Å²) in [4.78, 5) is 11.7. The maximum Gasteiger partial charge on any atom is 0.311 e. The van der Waals surface area contributed by atoms with E-state index in [-0.39, 0.29) is 5.97 Å². The van der Waals surface area contributed by atoms with Crippen LogP contribution in [0.4, 0.5) is 0 Å². The zero-order valence-electron chi connectivity index (χ0n) is 12.6. The summed E-state index contributed by atoms with van der Waals surface area (Å²) in [6.45, 7) is 6.77. The molecular weight excluding hydrogens is 244 g/mol. The number of rotatable bonds is 8. The Morgan fingerprint density at radius 2 is 1.84 bits per heavy atom. The van der Waals surface area contributed by atoms with E-state index in [0.29, 0.717) is 26.1 Å². The van der Waals surface area contributed by atoms with Crippen molar-refractivity contribution < 1.29 is 19.0 Å². The molecule has 1 aliphatic carbocycles. The summed E-state index contributed by atoms with van der Waals surface area (Å²) in [6.07, 6.45) is 7.26. The fourth-order valence-corrected chi connectivity index (χ4v) is 1.97. The number of ether oxygens (including phenoxy) is 3. The second kappa shape index (κ2) is 8.54. The monoisotopic (exact) mass is 272 g/mol. The number of carbonyl (C=O) groups excluding carboxylic acids is 1. The molecule has 0 heterocycles. The van der Waals surface area contributed by atoms with Gasteiger partial charge in [0, 0.05) is 0 Å². The summed E-state index contributed by atoms with van der Waals surface area (Å²) in [5, 5.41) is 0. The lowest BCUT2D eigenvalue weighted by molar-refractivity contribution is -0.158. The van der Waals surface area contributed by atoms with Crippen molar-refractivity contribution in [3.63, 3.8) is 0 Å². The zero-order valence-corrected chi connectivity index (χ0v) is 12.6. The van der Waals surface area contributed by atoms with Crippen molar-refractivity contribution in [3.8, 4) is 0 Å². The Bertz CT molecular complexity index is 257. The van der Waals surface area contributed by atoms with Gasteiger partial charge in [-0.25, -0.2) is 0 Å². The van der Waals surface area contributed by atoms with E-state index in [0.717, 1.165) is 19.3 Å². The quantitative estimate of drug-likeness (QED) is 0.386. The average Bonchev–Trinajstić information content (AvgIpc) is 2.43. The first-order valence-corrected chi connectivity index (χ1v) is 7.43. The maximum absolute atomic E-state index is 11.7. The molecule has 0 N–H and O–H groups in total. The fraction of sp³-hybridized carbons (Fsp3) is 0.933. The molecule has 1 saturated carbocycles. The smallest absolute Gasteiger partial charge is 0.311 e. The summed E-state index contributed by atoms with van der Waals surface area (Å²) in [5.41, 5.74) is -0.404. The van der Waals surface area contributed by atoms with Crippen molar-refractivity contribution >= 4 is 5.97 Å². The van der Waals surface area contributed by atoms with Crippen molar-refractivity contribution in [1.82, 2.24) is 0 Å². The first-order chi connectivity index (χ1) is 9.06. The molecule has 0 spiro atoms. The molecule has 112 valence electrons. The van der Waals surface area contributed by atoms with E-state index in [4.69, 9.17) is 14.2 Å². The van der Waals surface area contributed by atoms with Crippen molar-refractivity contribution in [2.24, 2.45) is 5.41 Å². The molecule has 19 heavy (non-hydrogen) atoms. The molecule has 0 aromatic heterocycles. The van der Waals surface area contributed by atoms with E-state index in [1.54, 1.807) is 0 Å². The van der Waals surface area contributed by atoms with E-state index >= 15 is 0 Å². The van der Waals surface area contributed by atoms with Crippen LogP contribution in [0.15, 0.2) is 0 Å². The number of esters is 1. The lowest BCUT2D eigenvalue weighted by Crippen LogP contribution is -2.27. The topological polar surface area (TPSA) is 44.8 Å². The normalized spacial score (nSPS) is 17.4. The summed E-state index contributed by atoms with van der Waals surface area (Å²) in [5.74, 6) is -0.160. The Labute approximate surface area is 116 Å². The van der Waals surface area contributed by atoms with Crippen LogP contribution in [0.5, 0.6) is 0 Å². The van der Waals surface area contributed by atoms with Gasteiger partial charge in [-0.1, -0.05) is 26.2 Å². The molecule has 1 rings (SSSR count). The molecule has 0 amide bonds. The van der Waals surface area contributed by atoms with Crippen LogP contribution in [-0.2, 0) is 19.0 Å². The van der Waals surface area contributed by atoms with E-state index in [1.165, 1.54) is 19.3 Å². The lowest BCUT2D eigenvalue weighted by atomic mass is 9.91. The molecule has 4 nitrogen and oxygen atoms in total. The minimum absolute atomic E-state index is 0.160. The molecular formula is C15H28O4. The summed E-state index contributed by atoms with van der Waals surface area (Å²) >= 11 is 0. The highest BCUT2D eigenvalue weighted by atomic mass is 16.7. The van der Waals surface area contributed by atoms with Gasteiger partial charge in [-0.3, -0.25) is 4.79 Å². The average molecular weight is 272 g/mol. The van der Waals surface area contributed by atoms with Gasteiger partial charge in [-0.05, 0) is 33.1 Å². The van der Waals surface area contributed by atoms with Crippen LogP contribution >= 0.6 is 0 Å². The van der Waals surface area contributed by atoms with Gasteiger partial charge in [0.2, 0.25) is 0 Å². The molecule has 1 aliphatic rings. The molecule has 4 heteroatoms. The van der Waals surface area contributed by atoms with Crippen LogP contribution in [-0.4, -0.2) is 32.1 Å². The van der Waals surface area contributed by atoms with E-state index in [2.05, 4.69) is 0 Å². The van der Waals surface area contributed by atoms with Gasteiger partial charge in [-0.2, -0.15) is 0 Å². The maximum atomic E-state index is 11.7. The highest BCUT2D eigenvalue weighted by Gasteiger charge is 2.26. The van der Waals surface area contributed by atoms with Crippen LogP contribution < -0.4 is 0 Å². The van der Waals surface area contributed by atoms with Crippen molar-refractivity contribution in [2.75, 3.05) is 20.0 Å². The van der Waals surface area contributed by atoms with Crippen LogP contribution in [0.2, 0.25) is 0 Å². The Hall–Kier alpha value is -0.610. The van der Waals surface area contributed by atoms with Gasteiger partial charge in [-0.15, -0.1) is 0 Å². The van der Waals surface area contributed by atoms with E-state index < -0.39 is 5.41 Å². The lowest BCUT2D eigenvalue weighted by Gasteiger charge is -2.22. The molecule has 0 aromatic carbocycles. The minimum atomic E-state index is -0.404. The third-order valence-electron chi connectivity index (χ3n) is 3.84. The molecule has 0 saturated heterocycles. The third kappa shape index (κ3) is 6.39. The Balaban J connectivity index is 1.97. The molecule has 0 aromatic rings. The highest BCUT2D eigenvalue weighted by Crippen LogP contribution is 2.21. The Morgan fingerprint density at radius 1 is 1.16 bits per heavy atom. The second-order valence-corrected chi connectivity index (χ2v) is 5.83. The van der Waals surface area contributed by atoms with Gasteiger partial charge in [0.15, 0.2) is 0 Å². The second-order valence-electron chi connectivity index (χ2n) is 5.83. The molecule has 0 unspecified atom stereocenters. The highest BCUT2D eigenvalue weighted by molar-refractivity contribution is 5.75. The molecule has 0 bridgehead atoms. The standard InChI is InChI=1S/C15H28O4/c1-4-15(2,3)14(16)18-11-10-17-12-19-13-8-6-5-7-9-13/h13H,4-12H2,1-3H3. The van der Waals surface area contributed by atoms with Crippen LogP contribution in [0.1, 0.15) is 59.3 Å². The largest absolute Gasteiger partial charge is 0.463 e. The number of carbonyl (C=O) groups is 1. The van der Waals surface area contributed by atoms with Crippen molar-refractivity contribution in [2.45, 2.75) is 65.4 Å². The van der Waals surface area contributed by atoms with Crippen LogP contribution in [0.25, 0.3) is 0 Å². The molecule has 0 radical (unpaired) electrons. The van der Waals surface area contributed by atoms with Gasteiger partial charge >= 0.3 is 5.97 Å². The summed E-state index contributed by atoms with van der Waals surface area (Å²) in [6, 6.07) is 0. The SMILES string of the molecule is CCC(C)(C)C(=O)OCCOCOC1CCCCC1. The predicted molar refractivity (Wildman–Crippen MR) is 73.8 cm³/mol. The van der Waals surface area contributed by atoms with Crippen molar-refractivity contribution in [1.29, 1.82) is 0 Å². The number of hydrogen-bond donors (Lipinski definition) is 0. The minimum Gasteiger partial charge on any atom is -0.463 e.